The minimum absolute atomic E-state index is 0.203. The summed E-state index contributed by atoms with van der Waals surface area (Å²) in [7, 11) is 0. The Balaban J connectivity index is 1.37. The van der Waals surface area contributed by atoms with Crippen LogP contribution in [0.2, 0.25) is 5.02 Å². The van der Waals surface area contributed by atoms with E-state index in [0.717, 1.165) is 31.5 Å². The maximum Gasteiger partial charge on any atom is 0.258 e. The first-order valence-electron chi connectivity index (χ1n) is 9.51. The van der Waals surface area contributed by atoms with Gasteiger partial charge in [-0.2, -0.15) is 5.10 Å². The fourth-order valence-electron chi connectivity index (χ4n) is 3.60. The summed E-state index contributed by atoms with van der Waals surface area (Å²) in [6, 6.07) is 9.99. The Morgan fingerprint density at radius 3 is 2.76 bits per heavy atom. The number of anilines is 1. The summed E-state index contributed by atoms with van der Waals surface area (Å²) < 4.78 is 15.1. The molecule has 0 atom stereocenters. The number of pyridine rings is 1. The lowest BCUT2D eigenvalue weighted by Crippen LogP contribution is -2.35. The van der Waals surface area contributed by atoms with Crippen LogP contribution in [-0.4, -0.2) is 38.7 Å². The molecule has 6 nitrogen and oxygen atoms in total. The van der Waals surface area contributed by atoms with Crippen LogP contribution in [0.3, 0.4) is 0 Å². The number of nitrogens with one attached hydrogen (secondary N) is 1. The Bertz CT molecular complexity index is 986. The van der Waals surface area contributed by atoms with E-state index >= 15 is 0 Å². The minimum Gasteiger partial charge on any atom is -0.307 e. The zero-order chi connectivity index (χ0) is 20.2. The van der Waals surface area contributed by atoms with Gasteiger partial charge in [-0.3, -0.25) is 14.7 Å². The first-order valence-corrected chi connectivity index (χ1v) is 9.89. The van der Waals surface area contributed by atoms with Crippen LogP contribution in [0.4, 0.5) is 10.2 Å². The third-order valence-electron chi connectivity index (χ3n) is 5.15. The average molecular weight is 414 g/mol. The van der Waals surface area contributed by atoms with Crippen molar-refractivity contribution in [3.8, 4) is 0 Å². The normalized spacial score (nSPS) is 15.4. The quantitative estimate of drug-likeness (QED) is 0.682. The topological polar surface area (TPSA) is 63.1 Å². The van der Waals surface area contributed by atoms with Gasteiger partial charge >= 0.3 is 0 Å². The second kappa shape index (κ2) is 8.71. The molecule has 1 aromatic carbocycles. The van der Waals surface area contributed by atoms with Gasteiger partial charge in [-0.15, -0.1) is 0 Å². The van der Waals surface area contributed by atoms with Crippen molar-refractivity contribution in [3.05, 3.63) is 77.0 Å². The van der Waals surface area contributed by atoms with E-state index in [2.05, 4.69) is 20.3 Å². The molecule has 1 saturated heterocycles. The Morgan fingerprint density at radius 2 is 2.03 bits per heavy atom. The fraction of sp³-hybridized carbons (Fsp3) is 0.286. The molecule has 0 unspecified atom stereocenters. The van der Waals surface area contributed by atoms with E-state index in [0.29, 0.717) is 22.9 Å². The smallest absolute Gasteiger partial charge is 0.258 e. The Hall–Kier alpha value is -2.77. The number of amides is 1. The second-order valence-electron chi connectivity index (χ2n) is 7.10. The van der Waals surface area contributed by atoms with Gasteiger partial charge in [0.15, 0.2) is 0 Å². The molecule has 2 aromatic heterocycles. The van der Waals surface area contributed by atoms with E-state index in [-0.39, 0.29) is 17.8 Å². The molecule has 1 aliphatic heterocycles. The number of carbonyl (C=O) groups is 1. The van der Waals surface area contributed by atoms with Crippen LogP contribution >= 0.6 is 11.6 Å². The molecule has 0 spiro atoms. The number of halogens is 2. The van der Waals surface area contributed by atoms with Crippen molar-refractivity contribution >= 4 is 23.3 Å². The van der Waals surface area contributed by atoms with Gasteiger partial charge in [-0.1, -0.05) is 17.7 Å². The van der Waals surface area contributed by atoms with Crippen LogP contribution in [0.1, 0.15) is 34.8 Å². The summed E-state index contributed by atoms with van der Waals surface area (Å²) in [5.41, 5.74) is 1.43. The maximum absolute atomic E-state index is 13.2. The number of piperidine rings is 1. The molecular formula is C21H21ClFN5O. The number of nitrogens with zero attached hydrogens (tertiary/aromatic N) is 4. The van der Waals surface area contributed by atoms with Gasteiger partial charge in [0.25, 0.3) is 5.91 Å². The van der Waals surface area contributed by atoms with Crippen LogP contribution in [-0.2, 0) is 6.54 Å². The minimum atomic E-state index is -0.322. The number of carbonyl (C=O) groups excluding carboxylic acids is 1. The molecule has 0 radical (unpaired) electrons. The summed E-state index contributed by atoms with van der Waals surface area (Å²) in [4.78, 5) is 18.7. The summed E-state index contributed by atoms with van der Waals surface area (Å²) in [6.07, 6.45) is 6.67. The Labute approximate surface area is 173 Å². The van der Waals surface area contributed by atoms with Gasteiger partial charge in [0.1, 0.15) is 11.6 Å². The molecule has 3 heterocycles. The second-order valence-corrected chi connectivity index (χ2v) is 7.51. The molecule has 8 heteroatoms. The lowest BCUT2D eigenvalue weighted by Gasteiger charge is -2.32. The van der Waals surface area contributed by atoms with E-state index in [1.54, 1.807) is 36.7 Å². The SMILES string of the molecule is O=C(Nc1ccnn1C1CCN(Cc2ccc(F)cc2Cl)CC1)c1cccnc1. The van der Waals surface area contributed by atoms with Gasteiger partial charge in [-0.25, -0.2) is 9.07 Å². The third-order valence-corrected chi connectivity index (χ3v) is 5.50. The van der Waals surface area contributed by atoms with Gasteiger partial charge < -0.3 is 5.32 Å². The summed E-state index contributed by atoms with van der Waals surface area (Å²) in [5.74, 6) is 0.152. The molecule has 0 saturated carbocycles. The van der Waals surface area contributed by atoms with Crippen LogP contribution in [0.5, 0.6) is 0 Å². The van der Waals surface area contributed by atoms with E-state index in [1.165, 1.54) is 18.3 Å². The third kappa shape index (κ3) is 4.63. The number of hydrogen-bond acceptors (Lipinski definition) is 4. The first kappa shape index (κ1) is 19.5. The zero-order valence-electron chi connectivity index (χ0n) is 15.8. The number of likely N-dealkylation sites (tertiary alicyclic amines) is 1. The predicted octanol–water partition coefficient (Wildman–Crippen LogP) is 4.16. The van der Waals surface area contributed by atoms with Gasteiger partial charge in [0, 0.05) is 43.1 Å². The van der Waals surface area contributed by atoms with Crippen LogP contribution in [0.25, 0.3) is 0 Å². The molecular weight excluding hydrogens is 393 g/mol. The monoisotopic (exact) mass is 413 g/mol. The fourth-order valence-corrected chi connectivity index (χ4v) is 3.83. The van der Waals surface area contributed by atoms with E-state index in [1.807, 2.05) is 4.68 Å². The lowest BCUT2D eigenvalue weighted by molar-refractivity contribution is 0.102. The predicted molar refractivity (Wildman–Crippen MR) is 109 cm³/mol. The van der Waals surface area contributed by atoms with Crippen LogP contribution in [0.15, 0.2) is 55.0 Å². The highest BCUT2D eigenvalue weighted by Crippen LogP contribution is 2.27. The molecule has 1 amide bonds. The molecule has 29 heavy (non-hydrogen) atoms. The molecule has 1 fully saturated rings. The first-order chi connectivity index (χ1) is 14.1. The molecule has 3 aromatic rings. The number of aromatic nitrogens is 3. The van der Waals surface area contributed by atoms with E-state index in [9.17, 15) is 9.18 Å². The van der Waals surface area contributed by atoms with Crippen molar-refractivity contribution in [2.24, 2.45) is 0 Å². The largest absolute Gasteiger partial charge is 0.307 e. The van der Waals surface area contributed by atoms with E-state index < -0.39 is 0 Å². The molecule has 150 valence electrons. The molecule has 0 bridgehead atoms. The molecule has 4 rings (SSSR count). The summed E-state index contributed by atoms with van der Waals surface area (Å²) in [5, 5.41) is 7.81. The van der Waals surface area contributed by atoms with Crippen molar-refractivity contribution in [1.82, 2.24) is 19.7 Å². The molecule has 1 N–H and O–H groups in total. The standard InChI is InChI=1S/C21H21ClFN5O/c22-19-12-17(23)4-3-16(19)14-27-10-6-18(7-11-27)28-20(5-9-25-28)26-21(29)15-2-1-8-24-13-15/h1-5,8-9,12-13,18H,6-7,10-11,14H2,(H,26,29). The number of rotatable bonds is 5. The number of benzene rings is 1. The summed E-state index contributed by atoms with van der Waals surface area (Å²) >= 11 is 6.15. The molecule has 1 aliphatic rings. The Kier molecular flexibility index (Phi) is 5.87. The van der Waals surface area contributed by atoms with Crippen molar-refractivity contribution in [2.45, 2.75) is 25.4 Å². The van der Waals surface area contributed by atoms with Crippen LogP contribution < -0.4 is 5.32 Å². The highest BCUT2D eigenvalue weighted by atomic mass is 35.5. The van der Waals surface area contributed by atoms with Gasteiger partial charge in [0.2, 0.25) is 0 Å². The van der Waals surface area contributed by atoms with Gasteiger partial charge in [-0.05, 0) is 42.7 Å². The zero-order valence-corrected chi connectivity index (χ0v) is 16.5. The van der Waals surface area contributed by atoms with Crippen molar-refractivity contribution in [3.63, 3.8) is 0 Å². The highest BCUT2D eigenvalue weighted by molar-refractivity contribution is 6.31. The average Bonchev–Trinajstić information content (AvgIpc) is 3.19. The van der Waals surface area contributed by atoms with E-state index in [4.69, 9.17) is 11.6 Å². The van der Waals surface area contributed by atoms with Crippen molar-refractivity contribution in [1.29, 1.82) is 0 Å². The summed E-state index contributed by atoms with van der Waals surface area (Å²) in [6.45, 7) is 2.43. The maximum atomic E-state index is 13.2. The van der Waals surface area contributed by atoms with Crippen molar-refractivity contribution in [2.75, 3.05) is 18.4 Å². The lowest BCUT2D eigenvalue weighted by atomic mass is 10.0. The Morgan fingerprint density at radius 1 is 1.21 bits per heavy atom. The van der Waals surface area contributed by atoms with Gasteiger partial charge in [0.05, 0.1) is 17.8 Å². The van der Waals surface area contributed by atoms with Crippen molar-refractivity contribution < 1.29 is 9.18 Å². The molecule has 0 aliphatic carbocycles. The van der Waals surface area contributed by atoms with Crippen LogP contribution in [0, 0.1) is 5.82 Å². The number of hydrogen-bond donors (Lipinski definition) is 1. The highest BCUT2D eigenvalue weighted by Gasteiger charge is 2.24.